The molecule has 0 N–H and O–H groups in total. The van der Waals surface area contributed by atoms with Crippen molar-refractivity contribution in [1.82, 2.24) is 9.80 Å². The Balaban J connectivity index is 1.26. The summed E-state index contributed by atoms with van der Waals surface area (Å²) >= 11 is 0. The number of ether oxygens (including phenoxy) is 2. The zero-order valence-corrected chi connectivity index (χ0v) is 41.0. The van der Waals surface area contributed by atoms with Crippen molar-refractivity contribution in [2.24, 2.45) is 10.8 Å². The maximum absolute atomic E-state index is 13.3. The van der Waals surface area contributed by atoms with Crippen LogP contribution in [0.25, 0.3) is 21.5 Å². The molecule has 7 rings (SSSR count). The van der Waals surface area contributed by atoms with Gasteiger partial charge in [0.05, 0.1) is 12.8 Å². The van der Waals surface area contributed by atoms with Crippen molar-refractivity contribution in [2.45, 2.75) is 119 Å². The van der Waals surface area contributed by atoms with E-state index in [0.717, 1.165) is 43.6 Å². The highest BCUT2D eigenvalue weighted by Gasteiger charge is 2.36. The molecule has 0 amide bonds. The molecule has 0 atom stereocenters. The zero-order valence-electron chi connectivity index (χ0n) is 41.0. The van der Waals surface area contributed by atoms with Gasteiger partial charge in [0.1, 0.15) is 11.2 Å². The zero-order chi connectivity index (χ0) is 47.3. The Hall–Kier alpha value is -4.55. The fourth-order valence-corrected chi connectivity index (χ4v) is 8.85. The van der Waals surface area contributed by atoms with Crippen LogP contribution in [-0.4, -0.2) is 86.7 Å². The van der Waals surface area contributed by atoms with Crippen molar-refractivity contribution in [1.29, 1.82) is 0 Å². The van der Waals surface area contributed by atoms with Crippen molar-refractivity contribution in [3.8, 4) is 0 Å². The van der Waals surface area contributed by atoms with Crippen molar-refractivity contribution in [3.63, 3.8) is 0 Å². The van der Waals surface area contributed by atoms with E-state index < -0.39 is 25.4 Å². The molecule has 66 heavy (non-hydrogen) atoms. The fraction of sp³-hybridized carbons (Fsp3) is 0.481. The molecule has 0 saturated carbocycles. The van der Waals surface area contributed by atoms with Gasteiger partial charge in [0.25, 0.3) is 0 Å². The van der Waals surface area contributed by atoms with Gasteiger partial charge in [0, 0.05) is 76.5 Å². The maximum atomic E-state index is 13.3. The third-order valence-electron chi connectivity index (χ3n) is 11.9. The first-order valence-electron chi connectivity index (χ1n) is 23.6. The Morgan fingerprint density at radius 2 is 0.803 bits per heavy atom. The lowest BCUT2D eigenvalue weighted by Crippen LogP contribution is -2.49. The number of rotatable bonds is 16. The van der Waals surface area contributed by atoms with Gasteiger partial charge >= 0.3 is 26.2 Å². The minimum Gasteiger partial charge on any atom is -0.460 e. The number of hydrogen-bond acceptors (Lipinski definition) is 10. The Labute approximate surface area is 393 Å². The van der Waals surface area contributed by atoms with Gasteiger partial charge in [-0.2, -0.15) is 0 Å². The molecule has 12 heteroatoms. The average molecular weight is 897 g/mol. The Morgan fingerprint density at radius 3 is 1.12 bits per heavy atom. The monoisotopic (exact) mass is 897 g/mol. The summed E-state index contributed by atoms with van der Waals surface area (Å²) in [6.07, 6.45) is 0.474. The highest BCUT2D eigenvalue weighted by molar-refractivity contribution is 6.62. The van der Waals surface area contributed by atoms with Crippen LogP contribution in [-0.2, 0) is 63.9 Å². The highest BCUT2D eigenvalue weighted by Crippen LogP contribution is 2.36. The van der Waals surface area contributed by atoms with Crippen LogP contribution in [0.2, 0.25) is 0 Å². The second-order valence-electron chi connectivity index (χ2n) is 21.8. The quantitative estimate of drug-likeness (QED) is 0.0543. The first-order valence-corrected chi connectivity index (χ1v) is 23.6. The highest BCUT2D eigenvalue weighted by atomic mass is 16.6. The van der Waals surface area contributed by atoms with Gasteiger partial charge in [-0.15, -0.1) is 0 Å². The lowest BCUT2D eigenvalue weighted by atomic mass is 9.73. The van der Waals surface area contributed by atoms with Crippen molar-refractivity contribution in [2.75, 3.05) is 39.5 Å². The summed E-state index contributed by atoms with van der Waals surface area (Å²) in [4.78, 5) is 31.3. The second kappa shape index (κ2) is 20.8. The summed E-state index contributed by atoms with van der Waals surface area (Å²) in [5.41, 5.74) is 5.24. The number of fused-ring (bicyclic) bond motifs is 2. The normalized spacial score (nSPS) is 16.6. The van der Waals surface area contributed by atoms with E-state index >= 15 is 0 Å². The molecule has 0 bridgehead atoms. The van der Waals surface area contributed by atoms with Crippen LogP contribution in [0.1, 0.15) is 104 Å². The molecule has 2 aliphatic rings. The molecule has 2 heterocycles. The standard InChI is InChI=1S/C54H70B2N2O8/c1-51(2,3)65-49(59)27-29-57(31-39-19-11-17-25-47(39)55-61-35-53(7,8)36-62-55)33-45-41-21-13-15-23-43(41)46(44-24-16-14-22-42(44)45)34-58(30-28-50(60)66-52(4,5)6)32-40-20-12-18-26-48(40)56-63-37-54(9,10)38-64-56/h11-26H,27-38H2,1-10H3. The van der Waals surface area contributed by atoms with E-state index in [1.807, 2.05) is 53.7 Å². The van der Waals surface area contributed by atoms with Crippen LogP contribution in [0, 0.1) is 10.8 Å². The van der Waals surface area contributed by atoms with Gasteiger partial charge in [0.15, 0.2) is 0 Å². The van der Waals surface area contributed by atoms with Crippen LogP contribution in [0.4, 0.5) is 0 Å². The van der Waals surface area contributed by atoms with Crippen LogP contribution in [0.3, 0.4) is 0 Å². The minimum atomic E-state index is -0.586. The van der Waals surface area contributed by atoms with E-state index in [4.69, 9.17) is 28.1 Å². The molecule has 350 valence electrons. The third-order valence-corrected chi connectivity index (χ3v) is 11.9. The molecule has 0 spiro atoms. The van der Waals surface area contributed by atoms with Crippen molar-refractivity contribution < 1.29 is 37.7 Å². The molecule has 0 radical (unpaired) electrons. The summed E-state index contributed by atoms with van der Waals surface area (Å²) in [6.45, 7) is 25.7. The molecule has 2 aliphatic heterocycles. The van der Waals surface area contributed by atoms with E-state index in [0.29, 0.717) is 65.7 Å². The Kier molecular flexibility index (Phi) is 15.5. The second-order valence-corrected chi connectivity index (χ2v) is 21.8. The number of benzene rings is 5. The smallest absolute Gasteiger partial charge is 0.460 e. The van der Waals surface area contributed by atoms with E-state index in [1.54, 1.807) is 0 Å². The van der Waals surface area contributed by atoms with E-state index in [9.17, 15) is 9.59 Å². The third kappa shape index (κ3) is 13.3. The lowest BCUT2D eigenvalue weighted by molar-refractivity contribution is -0.156. The minimum absolute atomic E-state index is 0.0602. The number of carbonyl (C=O) groups is 2. The molecule has 0 unspecified atom stereocenters. The first-order chi connectivity index (χ1) is 31.2. The van der Waals surface area contributed by atoms with Gasteiger partial charge in [0.2, 0.25) is 0 Å². The van der Waals surface area contributed by atoms with Crippen LogP contribution in [0.15, 0.2) is 97.1 Å². The molecule has 2 fully saturated rings. The molecule has 2 saturated heterocycles. The largest absolute Gasteiger partial charge is 0.494 e. The van der Waals surface area contributed by atoms with Gasteiger partial charge in [-0.05, 0) is 96.3 Å². The molecule has 5 aromatic rings. The molecule has 5 aromatic carbocycles. The summed E-state index contributed by atoms with van der Waals surface area (Å²) in [6, 6.07) is 33.9. The molecular formula is C54H70B2N2O8. The molecule has 0 aromatic heterocycles. The average Bonchev–Trinajstić information content (AvgIpc) is 3.25. The summed E-state index contributed by atoms with van der Waals surface area (Å²) < 4.78 is 36.9. The topological polar surface area (TPSA) is 96.0 Å². The van der Waals surface area contributed by atoms with Crippen LogP contribution >= 0.6 is 0 Å². The Morgan fingerprint density at radius 1 is 0.500 bits per heavy atom. The van der Waals surface area contributed by atoms with E-state index in [2.05, 4.69) is 122 Å². The summed E-state index contributed by atoms with van der Waals surface area (Å²) in [5, 5.41) is 4.56. The predicted octanol–water partition coefficient (Wildman–Crippen LogP) is 9.00. The predicted molar refractivity (Wildman–Crippen MR) is 266 cm³/mol. The summed E-state index contributed by atoms with van der Waals surface area (Å²) in [5.74, 6) is -0.462. The first kappa shape index (κ1) is 49.4. The number of nitrogens with zero attached hydrogens (tertiary/aromatic N) is 2. The molecule has 10 nitrogen and oxygen atoms in total. The SMILES string of the molecule is CC1(C)COB(c2ccccc2CN(CCC(=O)OC(C)(C)C)Cc2c3ccccc3c(CN(CCC(=O)OC(C)(C)C)Cc3ccccc3B3OCC(C)(C)CO3)c3ccccc23)OC1. The number of carbonyl (C=O) groups excluding carboxylic acids is 2. The maximum Gasteiger partial charge on any atom is 0.494 e. The van der Waals surface area contributed by atoms with Gasteiger partial charge in [-0.25, -0.2) is 0 Å². The Bertz CT molecular complexity index is 2230. The molecule has 0 aliphatic carbocycles. The van der Waals surface area contributed by atoms with Crippen molar-refractivity contribution >= 4 is 58.6 Å². The van der Waals surface area contributed by atoms with Crippen molar-refractivity contribution in [3.05, 3.63) is 119 Å². The van der Waals surface area contributed by atoms with Gasteiger partial charge in [-0.3, -0.25) is 19.4 Å². The van der Waals surface area contributed by atoms with Gasteiger partial charge < -0.3 is 28.1 Å². The number of hydrogen-bond donors (Lipinski definition) is 0. The van der Waals surface area contributed by atoms with Crippen LogP contribution < -0.4 is 10.9 Å². The van der Waals surface area contributed by atoms with E-state index in [1.165, 1.54) is 11.1 Å². The fourth-order valence-electron chi connectivity index (χ4n) is 8.85. The van der Waals surface area contributed by atoms with Crippen LogP contribution in [0.5, 0.6) is 0 Å². The lowest BCUT2D eigenvalue weighted by Gasteiger charge is -2.34. The van der Waals surface area contributed by atoms with E-state index in [-0.39, 0.29) is 35.6 Å². The summed E-state index contributed by atoms with van der Waals surface area (Å²) in [7, 11) is -0.939. The van der Waals surface area contributed by atoms with Gasteiger partial charge in [-0.1, -0.05) is 125 Å². The number of esters is 2. The molecular weight excluding hydrogens is 826 g/mol.